The van der Waals surface area contributed by atoms with Crippen LogP contribution in [0.25, 0.3) is 0 Å². The van der Waals surface area contributed by atoms with Gasteiger partial charge < -0.3 is 24.1 Å². The van der Waals surface area contributed by atoms with Gasteiger partial charge in [0, 0.05) is 30.6 Å². The molecular formula is C21H33NO5. The lowest BCUT2D eigenvalue weighted by Gasteiger charge is -2.27. The maximum atomic E-state index is 10.4. The Labute approximate surface area is 162 Å². The number of methoxy groups -OCH3 is 2. The largest absolute Gasteiger partial charge is 0.504 e. The fraction of sp³-hybridized carbons (Fsp3) is 0.714. The van der Waals surface area contributed by atoms with Gasteiger partial charge in [0.25, 0.3) is 0 Å². The van der Waals surface area contributed by atoms with Crippen molar-refractivity contribution in [3.63, 3.8) is 0 Å². The van der Waals surface area contributed by atoms with Crippen LogP contribution in [0.15, 0.2) is 0 Å². The summed E-state index contributed by atoms with van der Waals surface area (Å²) in [6, 6.07) is 0. The molecule has 0 aliphatic carbocycles. The normalized spacial score (nSPS) is 22.4. The first-order chi connectivity index (χ1) is 13.0. The zero-order valence-electron chi connectivity index (χ0n) is 17.1. The van der Waals surface area contributed by atoms with Gasteiger partial charge in [-0.25, -0.2) is 0 Å². The number of hydrogen-bond donors (Lipinski definition) is 1. The van der Waals surface area contributed by atoms with Crippen LogP contribution in [0.5, 0.6) is 23.0 Å². The lowest BCUT2D eigenvalue weighted by molar-refractivity contribution is 0.0368. The third-order valence-electron chi connectivity index (χ3n) is 5.80. The summed E-state index contributed by atoms with van der Waals surface area (Å²) in [5.74, 6) is 1.71. The maximum absolute atomic E-state index is 10.4. The smallest absolute Gasteiger partial charge is 0.207 e. The van der Waals surface area contributed by atoms with Crippen molar-refractivity contribution in [2.45, 2.75) is 51.6 Å². The van der Waals surface area contributed by atoms with Gasteiger partial charge in [-0.15, -0.1) is 0 Å². The second-order valence-electron chi connectivity index (χ2n) is 7.84. The van der Waals surface area contributed by atoms with Crippen molar-refractivity contribution in [1.29, 1.82) is 0 Å². The van der Waals surface area contributed by atoms with Gasteiger partial charge in [-0.05, 0) is 39.7 Å². The number of fused-ring (bicyclic) bond motifs is 1. The molecule has 6 heteroatoms. The van der Waals surface area contributed by atoms with Crippen LogP contribution in [0, 0.1) is 6.92 Å². The van der Waals surface area contributed by atoms with E-state index >= 15 is 0 Å². The summed E-state index contributed by atoms with van der Waals surface area (Å²) >= 11 is 0. The Balaban J connectivity index is 1.57. The van der Waals surface area contributed by atoms with E-state index in [-0.39, 0.29) is 11.4 Å². The highest BCUT2D eigenvalue weighted by Gasteiger charge is 2.40. The number of nitrogens with zero attached hydrogens (tertiary/aromatic N) is 1. The SMILES string of the molecule is COc1c(O)c(C)c2c(c1OC)OC(C)(CCCCCN1CCOCC1)C2. The van der Waals surface area contributed by atoms with Crippen molar-refractivity contribution < 1.29 is 24.1 Å². The highest BCUT2D eigenvalue weighted by atomic mass is 16.5. The van der Waals surface area contributed by atoms with Gasteiger partial charge >= 0.3 is 0 Å². The third kappa shape index (κ3) is 4.27. The summed E-state index contributed by atoms with van der Waals surface area (Å²) in [5.41, 5.74) is 1.58. The van der Waals surface area contributed by atoms with Gasteiger partial charge in [0.15, 0.2) is 11.5 Å². The highest BCUT2D eigenvalue weighted by molar-refractivity contribution is 5.67. The van der Waals surface area contributed by atoms with Crippen molar-refractivity contribution in [2.75, 3.05) is 47.1 Å². The second-order valence-corrected chi connectivity index (χ2v) is 7.84. The van der Waals surface area contributed by atoms with Crippen molar-refractivity contribution in [2.24, 2.45) is 0 Å². The van der Waals surface area contributed by atoms with Crippen molar-refractivity contribution >= 4 is 0 Å². The summed E-state index contributed by atoms with van der Waals surface area (Å²) in [7, 11) is 3.11. The fourth-order valence-electron chi connectivity index (χ4n) is 4.16. The number of morpholine rings is 1. The van der Waals surface area contributed by atoms with E-state index in [9.17, 15) is 5.11 Å². The molecule has 3 rings (SSSR count). The van der Waals surface area contributed by atoms with Crippen LogP contribution in [0.2, 0.25) is 0 Å². The molecule has 0 radical (unpaired) electrons. The lowest BCUT2D eigenvalue weighted by atomic mass is 9.91. The van der Waals surface area contributed by atoms with Crippen LogP contribution in [0.1, 0.15) is 43.7 Å². The van der Waals surface area contributed by atoms with Crippen LogP contribution in [-0.2, 0) is 11.2 Å². The number of unbranched alkanes of at least 4 members (excludes halogenated alkanes) is 2. The van der Waals surface area contributed by atoms with E-state index in [1.807, 2.05) is 6.92 Å². The molecule has 1 unspecified atom stereocenters. The minimum Gasteiger partial charge on any atom is -0.504 e. The Morgan fingerprint density at radius 2 is 1.78 bits per heavy atom. The van der Waals surface area contributed by atoms with E-state index < -0.39 is 0 Å². The number of rotatable bonds is 8. The summed E-state index contributed by atoms with van der Waals surface area (Å²) < 4.78 is 22.6. The molecule has 27 heavy (non-hydrogen) atoms. The number of aromatic hydroxyl groups is 1. The van der Waals surface area contributed by atoms with E-state index in [1.54, 1.807) is 7.11 Å². The maximum Gasteiger partial charge on any atom is 0.207 e. The number of benzene rings is 1. The van der Waals surface area contributed by atoms with Gasteiger partial charge in [-0.2, -0.15) is 0 Å². The second kappa shape index (κ2) is 8.57. The zero-order valence-corrected chi connectivity index (χ0v) is 17.1. The molecule has 2 aliphatic heterocycles. The topological polar surface area (TPSA) is 60.4 Å². The predicted molar refractivity (Wildman–Crippen MR) is 104 cm³/mol. The van der Waals surface area contributed by atoms with Crippen molar-refractivity contribution in [1.82, 2.24) is 4.90 Å². The van der Waals surface area contributed by atoms with Crippen LogP contribution < -0.4 is 14.2 Å². The summed E-state index contributed by atoms with van der Waals surface area (Å²) in [5, 5.41) is 10.4. The van der Waals surface area contributed by atoms with Crippen LogP contribution in [-0.4, -0.2) is 62.7 Å². The molecule has 0 aromatic heterocycles. The molecule has 0 amide bonds. The Kier molecular flexibility index (Phi) is 6.37. The molecular weight excluding hydrogens is 346 g/mol. The van der Waals surface area contributed by atoms with Crippen LogP contribution in [0.4, 0.5) is 0 Å². The summed E-state index contributed by atoms with van der Waals surface area (Å²) in [4.78, 5) is 2.48. The lowest BCUT2D eigenvalue weighted by Crippen LogP contribution is -2.36. The Bertz CT molecular complexity index is 657. The minimum atomic E-state index is -0.266. The van der Waals surface area contributed by atoms with Gasteiger partial charge in [-0.1, -0.05) is 6.42 Å². The molecule has 6 nitrogen and oxygen atoms in total. The molecule has 2 aliphatic rings. The molecule has 0 bridgehead atoms. The van der Waals surface area contributed by atoms with Crippen LogP contribution in [0.3, 0.4) is 0 Å². The fourth-order valence-corrected chi connectivity index (χ4v) is 4.16. The van der Waals surface area contributed by atoms with E-state index in [2.05, 4.69) is 11.8 Å². The number of hydrogen-bond acceptors (Lipinski definition) is 6. The van der Waals surface area contributed by atoms with E-state index in [0.717, 1.165) is 69.0 Å². The zero-order chi connectivity index (χ0) is 19.4. The van der Waals surface area contributed by atoms with E-state index in [1.165, 1.54) is 20.0 Å². The predicted octanol–water partition coefficient (Wildman–Crippen LogP) is 3.30. The Morgan fingerprint density at radius 1 is 1.07 bits per heavy atom. The Hall–Kier alpha value is -1.66. The standard InChI is InChI=1S/C21H33NO5/c1-15-16-14-21(2,8-6-5-7-9-22-10-12-26-13-11-22)27-18(16)20(25-4)19(24-3)17(15)23/h23H,5-14H2,1-4H3. The van der Waals surface area contributed by atoms with Gasteiger partial charge in [0.1, 0.15) is 5.60 Å². The summed E-state index contributed by atoms with van der Waals surface area (Å²) in [6.07, 6.45) is 5.29. The van der Waals surface area contributed by atoms with Gasteiger partial charge in [0.05, 0.1) is 27.4 Å². The molecule has 1 N–H and O–H groups in total. The van der Waals surface area contributed by atoms with Gasteiger partial charge in [0.2, 0.25) is 11.5 Å². The monoisotopic (exact) mass is 379 g/mol. The quantitative estimate of drug-likeness (QED) is 0.700. The van der Waals surface area contributed by atoms with E-state index in [4.69, 9.17) is 18.9 Å². The average Bonchev–Trinajstić information content (AvgIpc) is 3.02. The number of phenolic OH excluding ortho intramolecular Hbond substituents is 1. The molecule has 152 valence electrons. The van der Waals surface area contributed by atoms with Crippen molar-refractivity contribution in [3.05, 3.63) is 11.1 Å². The number of phenols is 1. The van der Waals surface area contributed by atoms with E-state index in [0.29, 0.717) is 11.5 Å². The molecule has 0 saturated carbocycles. The van der Waals surface area contributed by atoms with Crippen molar-refractivity contribution in [3.8, 4) is 23.0 Å². The first kappa shape index (κ1) is 20.1. The molecule has 1 saturated heterocycles. The molecule has 1 aromatic rings. The highest BCUT2D eigenvalue weighted by Crippen LogP contribution is 2.54. The molecule has 2 heterocycles. The number of ether oxygens (including phenoxy) is 4. The molecule has 1 aromatic carbocycles. The molecule has 1 fully saturated rings. The average molecular weight is 379 g/mol. The minimum absolute atomic E-state index is 0.145. The van der Waals surface area contributed by atoms with Crippen LogP contribution >= 0.6 is 0 Å². The first-order valence-corrected chi connectivity index (χ1v) is 9.94. The summed E-state index contributed by atoms with van der Waals surface area (Å²) in [6.45, 7) is 9.05. The molecule has 1 atom stereocenters. The Morgan fingerprint density at radius 3 is 2.44 bits per heavy atom. The van der Waals surface area contributed by atoms with Gasteiger partial charge in [-0.3, -0.25) is 4.90 Å². The molecule has 0 spiro atoms. The first-order valence-electron chi connectivity index (χ1n) is 9.94. The third-order valence-corrected chi connectivity index (χ3v) is 5.80.